The van der Waals surface area contributed by atoms with E-state index < -0.39 is 0 Å². The third kappa shape index (κ3) is 3.06. The van der Waals surface area contributed by atoms with Crippen molar-refractivity contribution in [2.45, 2.75) is 0 Å². The van der Waals surface area contributed by atoms with Crippen molar-refractivity contribution in [3.8, 4) is 22.8 Å². The highest BCUT2D eigenvalue weighted by atomic mass is 15.1. The van der Waals surface area contributed by atoms with Gasteiger partial charge in [-0.25, -0.2) is 4.98 Å². The molecule has 0 aliphatic heterocycles. The van der Waals surface area contributed by atoms with Crippen LogP contribution in [0.5, 0.6) is 0 Å². The van der Waals surface area contributed by atoms with E-state index in [1.807, 2.05) is 6.07 Å². The van der Waals surface area contributed by atoms with Crippen molar-refractivity contribution in [2.24, 2.45) is 0 Å². The van der Waals surface area contributed by atoms with Gasteiger partial charge in [0.1, 0.15) is 5.82 Å². The summed E-state index contributed by atoms with van der Waals surface area (Å²) in [7, 11) is 0. The smallest absolute Gasteiger partial charge is 0.138 e. The van der Waals surface area contributed by atoms with Gasteiger partial charge in [-0.05, 0) is 48.5 Å². The molecular formula is C35H23N3. The second-order valence-corrected chi connectivity index (χ2v) is 9.67. The summed E-state index contributed by atoms with van der Waals surface area (Å²) >= 11 is 0. The zero-order chi connectivity index (χ0) is 25.1. The molecule has 8 aromatic rings. The van der Waals surface area contributed by atoms with E-state index in [1.165, 1.54) is 38.3 Å². The maximum Gasteiger partial charge on any atom is 0.138 e. The second-order valence-electron chi connectivity index (χ2n) is 9.67. The minimum atomic E-state index is 0.920. The second kappa shape index (κ2) is 8.19. The van der Waals surface area contributed by atoms with Crippen LogP contribution in [0.4, 0.5) is 0 Å². The normalized spacial score (nSPS) is 11.7. The van der Waals surface area contributed by atoms with Crippen molar-refractivity contribution in [3.63, 3.8) is 0 Å². The molecule has 0 atom stereocenters. The molecule has 3 nitrogen and oxygen atoms in total. The fourth-order valence-corrected chi connectivity index (χ4v) is 5.85. The van der Waals surface area contributed by atoms with Crippen molar-refractivity contribution in [1.29, 1.82) is 0 Å². The topological polar surface area (TPSA) is 22.8 Å². The Morgan fingerprint density at radius 1 is 0.395 bits per heavy atom. The fraction of sp³-hybridized carbons (Fsp3) is 0. The average Bonchev–Trinajstić information content (AvgIpc) is 3.49. The molecule has 0 spiro atoms. The van der Waals surface area contributed by atoms with Gasteiger partial charge in [0.15, 0.2) is 0 Å². The van der Waals surface area contributed by atoms with Crippen LogP contribution in [0.15, 0.2) is 140 Å². The van der Waals surface area contributed by atoms with Gasteiger partial charge in [-0.2, -0.15) is 0 Å². The van der Waals surface area contributed by atoms with Crippen molar-refractivity contribution in [1.82, 2.24) is 14.1 Å². The lowest BCUT2D eigenvalue weighted by Gasteiger charge is -2.10. The van der Waals surface area contributed by atoms with Gasteiger partial charge in [0.25, 0.3) is 0 Å². The molecule has 0 N–H and O–H groups in total. The zero-order valence-corrected chi connectivity index (χ0v) is 20.6. The molecule has 3 aromatic heterocycles. The highest BCUT2D eigenvalue weighted by Crippen LogP contribution is 2.39. The molecule has 3 heteroatoms. The van der Waals surface area contributed by atoms with E-state index in [4.69, 9.17) is 4.98 Å². The predicted octanol–water partition coefficient (Wildman–Crippen LogP) is 8.94. The van der Waals surface area contributed by atoms with E-state index in [9.17, 15) is 0 Å². The molecule has 0 aliphatic carbocycles. The lowest BCUT2D eigenvalue weighted by Crippen LogP contribution is -1.98. The Bertz CT molecular complexity index is 2120. The van der Waals surface area contributed by atoms with Crippen LogP contribution < -0.4 is 0 Å². The Morgan fingerprint density at radius 2 is 0.947 bits per heavy atom. The largest absolute Gasteiger partial charge is 0.309 e. The summed E-state index contributed by atoms with van der Waals surface area (Å²) in [5.41, 5.74) is 7.98. The van der Waals surface area contributed by atoms with Crippen LogP contribution in [0.1, 0.15) is 0 Å². The molecule has 3 heterocycles. The van der Waals surface area contributed by atoms with Crippen molar-refractivity contribution in [3.05, 3.63) is 140 Å². The summed E-state index contributed by atoms with van der Waals surface area (Å²) in [6.45, 7) is 0. The van der Waals surface area contributed by atoms with Gasteiger partial charge >= 0.3 is 0 Å². The lowest BCUT2D eigenvalue weighted by atomic mass is 10.1. The van der Waals surface area contributed by atoms with Crippen molar-refractivity contribution < 1.29 is 0 Å². The quantitative estimate of drug-likeness (QED) is 0.245. The maximum absolute atomic E-state index is 5.14. The van der Waals surface area contributed by atoms with E-state index in [0.29, 0.717) is 0 Å². The number of nitrogens with zero attached hydrogens (tertiary/aromatic N) is 3. The first-order valence-corrected chi connectivity index (χ1v) is 12.9. The molecule has 0 saturated heterocycles. The van der Waals surface area contributed by atoms with Crippen molar-refractivity contribution in [2.75, 3.05) is 0 Å². The number of para-hydroxylation sites is 3. The van der Waals surface area contributed by atoms with Crippen LogP contribution in [0, 0.1) is 0 Å². The summed E-state index contributed by atoms with van der Waals surface area (Å²) < 4.78 is 4.69. The summed E-state index contributed by atoms with van der Waals surface area (Å²) in [5, 5.41) is 4.93. The van der Waals surface area contributed by atoms with Crippen molar-refractivity contribution >= 4 is 43.6 Å². The molecular weight excluding hydrogens is 462 g/mol. The zero-order valence-electron chi connectivity index (χ0n) is 20.6. The van der Waals surface area contributed by atoms with E-state index >= 15 is 0 Å². The minimum Gasteiger partial charge on any atom is -0.309 e. The first-order valence-electron chi connectivity index (χ1n) is 12.9. The molecule has 8 rings (SSSR count). The highest BCUT2D eigenvalue weighted by molar-refractivity contribution is 6.18. The third-order valence-corrected chi connectivity index (χ3v) is 7.51. The first-order chi connectivity index (χ1) is 18.9. The molecule has 5 aromatic carbocycles. The van der Waals surface area contributed by atoms with Gasteiger partial charge in [0, 0.05) is 32.8 Å². The molecule has 0 bridgehead atoms. The van der Waals surface area contributed by atoms with E-state index in [-0.39, 0.29) is 0 Å². The van der Waals surface area contributed by atoms with Gasteiger partial charge in [0.2, 0.25) is 0 Å². The maximum atomic E-state index is 5.14. The fourth-order valence-electron chi connectivity index (χ4n) is 5.85. The standard InChI is InChI=1S/C35H23N3/c1-3-12-24(13-4-1)30-18-11-21-35(36-30)38-32-20-10-8-17-27(32)29-22-33-28(23-34(29)38)26-16-7-9-19-31(26)37(33)25-14-5-2-6-15-25/h1-23H. The SMILES string of the molecule is c1ccc(-c2cccc(-n3c4ccccc4c4cc5c(cc43)c3ccccc3n5-c3ccccc3)n2)cc1. The number of hydrogen-bond acceptors (Lipinski definition) is 1. The molecule has 0 radical (unpaired) electrons. The number of rotatable bonds is 3. The molecule has 0 fully saturated rings. The Hall–Kier alpha value is -5.15. The Labute approximate surface area is 219 Å². The van der Waals surface area contributed by atoms with E-state index in [2.05, 4.69) is 143 Å². The molecule has 0 saturated carbocycles. The van der Waals surface area contributed by atoms with Crippen LogP contribution in [-0.2, 0) is 0 Å². The number of fused-ring (bicyclic) bond motifs is 6. The molecule has 38 heavy (non-hydrogen) atoms. The predicted molar refractivity (Wildman–Crippen MR) is 158 cm³/mol. The van der Waals surface area contributed by atoms with Gasteiger partial charge < -0.3 is 4.57 Å². The number of pyridine rings is 1. The number of aromatic nitrogens is 3. The molecule has 0 unspecified atom stereocenters. The highest BCUT2D eigenvalue weighted by Gasteiger charge is 2.18. The van der Waals surface area contributed by atoms with Gasteiger partial charge in [-0.3, -0.25) is 4.57 Å². The Kier molecular flexibility index (Phi) is 4.52. The summed E-state index contributed by atoms with van der Waals surface area (Å²) in [6, 6.07) is 49.3. The van der Waals surface area contributed by atoms with Crippen LogP contribution in [0.2, 0.25) is 0 Å². The minimum absolute atomic E-state index is 0.920. The van der Waals surface area contributed by atoms with Gasteiger partial charge in [0.05, 0.1) is 27.8 Å². The van der Waals surface area contributed by atoms with E-state index in [1.54, 1.807) is 0 Å². The molecule has 178 valence electrons. The summed E-state index contributed by atoms with van der Waals surface area (Å²) in [4.78, 5) is 5.14. The number of hydrogen-bond donors (Lipinski definition) is 0. The molecule has 0 aliphatic rings. The summed E-state index contributed by atoms with van der Waals surface area (Å²) in [6.07, 6.45) is 0. The van der Waals surface area contributed by atoms with E-state index in [0.717, 1.165) is 28.1 Å². The van der Waals surface area contributed by atoms with Crippen LogP contribution in [0.25, 0.3) is 66.4 Å². The van der Waals surface area contributed by atoms with Crippen LogP contribution in [-0.4, -0.2) is 14.1 Å². The Balaban J connectivity index is 1.49. The van der Waals surface area contributed by atoms with Crippen LogP contribution in [0.3, 0.4) is 0 Å². The first kappa shape index (κ1) is 21.0. The van der Waals surface area contributed by atoms with Gasteiger partial charge in [-0.1, -0.05) is 91.0 Å². The summed E-state index contributed by atoms with van der Waals surface area (Å²) in [5.74, 6) is 0.920. The third-order valence-electron chi connectivity index (χ3n) is 7.51. The number of benzene rings is 5. The molecule has 0 amide bonds. The van der Waals surface area contributed by atoms with Crippen LogP contribution >= 0.6 is 0 Å². The lowest BCUT2D eigenvalue weighted by molar-refractivity contribution is 1.08. The van der Waals surface area contributed by atoms with Gasteiger partial charge in [-0.15, -0.1) is 0 Å². The monoisotopic (exact) mass is 485 g/mol. The Morgan fingerprint density at radius 3 is 1.63 bits per heavy atom. The average molecular weight is 486 g/mol.